The van der Waals surface area contributed by atoms with Gasteiger partial charge in [-0.15, -0.1) is 22.7 Å². The van der Waals surface area contributed by atoms with E-state index in [0.717, 1.165) is 44.0 Å². The third-order valence-electron chi connectivity index (χ3n) is 4.68. The molecule has 146 valence electrons. The number of carbonyl (C=O) groups excluding carboxylic acids is 1. The summed E-state index contributed by atoms with van der Waals surface area (Å²) in [6.07, 6.45) is 0. The van der Waals surface area contributed by atoms with Gasteiger partial charge in [0.15, 0.2) is 5.13 Å². The van der Waals surface area contributed by atoms with Crippen LogP contribution in [-0.4, -0.2) is 53.4 Å². The molecule has 0 bridgehead atoms. The summed E-state index contributed by atoms with van der Waals surface area (Å²) in [6.45, 7) is 5.07. The normalized spacial score (nSPS) is 15.6. The number of hydrogen-bond acceptors (Lipinski definition) is 6. The third kappa shape index (κ3) is 5.02. The zero-order valence-corrected chi connectivity index (χ0v) is 16.9. The van der Waals surface area contributed by atoms with E-state index in [-0.39, 0.29) is 11.7 Å². The molecule has 1 aliphatic heterocycles. The Balaban J connectivity index is 1.24. The van der Waals surface area contributed by atoms with Gasteiger partial charge >= 0.3 is 0 Å². The van der Waals surface area contributed by atoms with E-state index >= 15 is 0 Å². The van der Waals surface area contributed by atoms with Gasteiger partial charge in [-0.2, -0.15) is 0 Å². The molecule has 0 aliphatic carbocycles. The van der Waals surface area contributed by atoms with E-state index in [9.17, 15) is 9.18 Å². The molecule has 5 nitrogen and oxygen atoms in total. The van der Waals surface area contributed by atoms with Crippen molar-refractivity contribution >= 4 is 33.7 Å². The van der Waals surface area contributed by atoms with Crippen LogP contribution in [0, 0.1) is 5.82 Å². The molecule has 0 unspecified atom stereocenters. The summed E-state index contributed by atoms with van der Waals surface area (Å²) >= 11 is 3.17. The Morgan fingerprint density at radius 3 is 2.54 bits per heavy atom. The van der Waals surface area contributed by atoms with E-state index in [1.807, 2.05) is 5.38 Å². The number of piperazine rings is 1. The highest BCUT2D eigenvalue weighted by molar-refractivity contribution is 7.14. The Bertz CT molecular complexity index is 903. The number of aromatic nitrogens is 1. The molecule has 4 rings (SSSR count). The van der Waals surface area contributed by atoms with Crippen LogP contribution in [-0.2, 0) is 11.3 Å². The first-order chi connectivity index (χ1) is 13.7. The van der Waals surface area contributed by atoms with Crippen molar-refractivity contribution in [2.24, 2.45) is 0 Å². The van der Waals surface area contributed by atoms with Crippen LogP contribution in [0.2, 0.25) is 0 Å². The zero-order chi connectivity index (χ0) is 19.3. The molecule has 1 aliphatic rings. The van der Waals surface area contributed by atoms with Gasteiger partial charge in [0.2, 0.25) is 5.91 Å². The zero-order valence-electron chi connectivity index (χ0n) is 15.3. The van der Waals surface area contributed by atoms with Crippen LogP contribution in [0.1, 0.15) is 4.88 Å². The maximum absolute atomic E-state index is 13.0. The lowest BCUT2D eigenvalue weighted by Gasteiger charge is -2.33. The van der Waals surface area contributed by atoms with E-state index in [1.54, 1.807) is 23.5 Å². The van der Waals surface area contributed by atoms with Crippen LogP contribution in [0.5, 0.6) is 0 Å². The smallest absolute Gasteiger partial charge is 0.240 e. The largest absolute Gasteiger partial charge is 0.301 e. The van der Waals surface area contributed by atoms with Crippen LogP contribution < -0.4 is 5.32 Å². The molecule has 3 heterocycles. The first kappa shape index (κ1) is 19.2. The predicted molar refractivity (Wildman–Crippen MR) is 112 cm³/mol. The maximum atomic E-state index is 13.0. The van der Waals surface area contributed by atoms with Crippen molar-refractivity contribution in [3.05, 3.63) is 57.9 Å². The highest BCUT2D eigenvalue weighted by Gasteiger charge is 2.19. The number of amides is 1. The van der Waals surface area contributed by atoms with Gasteiger partial charge in [-0.25, -0.2) is 9.37 Å². The Labute approximate surface area is 171 Å². The minimum absolute atomic E-state index is 0.0493. The third-order valence-corrected chi connectivity index (χ3v) is 6.30. The molecule has 1 saturated heterocycles. The van der Waals surface area contributed by atoms with Gasteiger partial charge in [-0.05, 0) is 35.7 Å². The monoisotopic (exact) mass is 416 g/mol. The summed E-state index contributed by atoms with van der Waals surface area (Å²) in [4.78, 5) is 22.8. The average molecular weight is 417 g/mol. The summed E-state index contributed by atoms with van der Waals surface area (Å²) in [5.41, 5.74) is 1.57. The van der Waals surface area contributed by atoms with Crippen molar-refractivity contribution < 1.29 is 9.18 Å². The van der Waals surface area contributed by atoms with Crippen LogP contribution in [0.15, 0.2) is 47.2 Å². The molecule has 0 spiro atoms. The summed E-state index contributed by atoms with van der Waals surface area (Å²) in [5.74, 6) is -0.324. The lowest BCUT2D eigenvalue weighted by molar-refractivity contribution is -0.117. The fourth-order valence-corrected chi connectivity index (χ4v) is 4.66. The van der Waals surface area contributed by atoms with Crippen molar-refractivity contribution in [3.8, 4) is 11.3 Å². The standard InChI is InChI=1S/C20H21FN4OS2/c21-16-5-3-15(4-6-16)18-14-28-20(22-18)23-19(26)13-25-9-7-24(8-10-25)12-17-2-1-11-27-17/h1-6,11,14H,7-10,12-13H2,(H,22,23,26). The van der Waals surface area contributed by atoms with E-state index in [1.165, 1.54) is 28.3 Å². The number of thiophene rings is 1. The molecule has 0 atom stereocenters. The molecular weight excluding hydrogens is 395 g/mol. The molecule has 1 N–H and O–H groups in total. The van der Waals surface area contributed by atoms with Crippen LogP contribution in [0.4, 0.5) is 9.52 Å². The summed E-state index contributed by atoms with van der Waals surface area (Å²) in [7, 11) is 0. The van der Waals surface area contributed by atoms with E-state index in [2.05, 4.69) is 37.6 Å². The molecule has 1 aromatic carbocycles. The number of nitrogens with zero attached hydrogens (tertiary/aromatic N) is 3. The van der Waals surface area contributed by atoms with E-state index in [0.29, 0.717) is 11.7 Å². The number of anilines is 1. The molecule has 1 amide bonds. The number of nitrogens with one attached hydrogen (secondary N) is 1. The molecule has 1 fully saturated rings. The van der Waals surface area contributed by atoms with Crippen molar-refractivity contribution in [2.75, 3.05) is 38.0 Å². The molecule has 8 heteroatoms. The van der Waals surface area contributed by atoms with Crippen LogP contribution in [0.25, 0.3) is 11.3 Å². The highest BCUT2D eigenvalue weighted by Crippen LogP contribution is 2.25. The topological polar surface area (TPSA) is 48.5 Å². The first-order valence-corrected chi connectivity index (χ1v) is 10.9. The van der Waals surface area contributed by atoms with Gasteiger partial charge in [0, 0.05) is 48.5 Å². The van der Waals surface area contributed by atoms with Crippen molar-refractivity contribution in [2.45, 2.75) is 6.54 Å². The molecular formula is C20H21FN4OS2. The number of carbonyl (C=O) groups is 1. The van der Waals surface area contributed by atoms with Gasteiger partial charge in [-0.3, -0.25) is 14.6 Å². The second-order valence-electron chi connectivity index (χ2n) is 6.72. The second kappa shape index (κ2) is 8.91. The summed E-state index contributed by atoms with van der Waals surface area (Å²) in [6, 6.07) is 10.4. The van der Waals surface area contributed by atoms with Crippen molar-refractivity contribution in [3.63, 3.8) is 0 Å². The lowest BCUT2D eigenvalue weighted by Crippen LogP contribution is -2.48. The van der Waals surface area contributed by atoms with Crippen LogP contribution in [0.3, 0.4) is 0 Å². The SMILES string of the molecule is O=C(CN1CCN(Cc2cccs2)CC1)Nc1nc(-c2ccc(F)cc2)cs1. The number of hydrogen-bond donors (Lipinski definition) is 1. The molecule has 3 aromatic rings. The maximum Gasteiger partial charge on any atom is 0.240 e. The van der Waals surface area contributed by atoms with Gasteiger partial charge in [0.1, 0.15) is 5.82 Å². The fourth-order valence-electron chi connectivity index (χ4n) is 3.17. The quantitative estimate of drug-likeness (QED) is 0.665. The van der Waals surface area contributed by atoms with Gasteiger partial charge < -0.3 is 5.32 Å². The van der Waals surface area contributed by atoms with Crippen molar-refractivity contribution in [1.82, 2.24) is 14.8 Å². The number of thiazole rings is 1. The lowest BCUT2D eigenvalue weighted by atomic mass is 10.2. The predicted octanol–water partition coefficient (Wildman–Crippen LogP) is 3.77. The first-order valence-electron chi connectivity index (χ1n) is 9.14. The average Bonchev–Trinajstić information content (AvgIpc) is 3.36. The number of benzene rings is 1. The molecule has 2 aromatic heterocycles. The summed E-state index contributed by atoms with van der Waals surface area (Å²) < 4.78 is 13.0. The Kier molecular flexibility index (Phi) is 6.11. The van der Waals surface area contributed by atoms with Crippen LogP contribution >= 0.6 is 22.7 Å². The highest BCUT2D eigenvalue weighted by atomic mass is 32.1. The van der Waals surface area contributed by atoms with Gasteiger partial charge in [0.05, 0.1) is 12.2 Å². The Morgan fingerprint density at radius 1 is 1.07 bits per heavy atom. The van der Waals surface area contributed by atoms with Crippen molar-refractivity contribution in [1.29, 1.82) is 0 Å². The number of halogens is 1. The molecule has 0 radical (unpaired) electrons. The molecule has 28 heavy (non-hydrogen) atoms. The van der Waals surface area contributed by atoms with E-state index in [4.69, 9.17) is 0 Å². The van der Waals surface area contributed by atoms with E-state index < -0.39 is 0 Å². The van der Waals surface area contributed by atoms with Gasteiger partial charge in [0.25, 0.3) is 0 Å². The Morgan fingerprint density at radius 2 is 1.82 bits per heavy atom. The molecule has 0 saturated carbocycles. The second-order valence-corrected chi connectivity index (χ2v) is 8.61. The van der Waals surface area contributed by atoms with Gasteiger partial charge in [-0.1, -0.05) is 6.07 Å². The minimum atomic E-state index is -0.275. The minimum Gasteiger partial charge on any atom is -0.301 e. The number of rotatable bonds is 6. The Hall–Kier alpha value is -2.13. The fraction of sp³-hybridized carbons (Fsp3) is 0.300. The summed E-state index contributed by atoms with van der Waals surface area (Å²) in [5, 5.41) is 7.42.